The molecule has 12 unspecified atom stereocenters. The lowest BCUT2D eigenvalue weighted by Crippen LogP contribution is -2.37. The molecule has 2 N–H and O–H groups in total. The topological polar surface area (TPSA) is 255 Å². The highest BCUT2D eigenvalue weighted by Crippen LogP contribution is 2.38. The van der Waals surface area contributed by atoms with Crippen molar-refractivity contribution in [2.75, 3.05) is 66.1 Å². The van der Waals surface area contributed by atoms with Crippen molar-refractivity contribution in [2.45, 2.75) is 84.6 Å². The third-order valence-corrected chi connectivity index (χ3v) is 10.5. The molecular weight excluding hydrogens is 708 g/mol. The van der Waals surface area contributed by atoms with Gasteiger partial charge in [0.2, 0.25) is 0 Å². The van der Waals surface area contributed by atoms with Gasteiger partial charge in [-0.25, -0.2) is 0 Å². The summed E-state index contributed by atoms with van der Waals surface area (Å²) in [4.78, 5) is 30.1. The van der Waals surface area contributed by atoms with E-state index in [-0.39, 0.29) is 79.6 Å². The van der Waals surface area contributed by atoms with E-state index < -0.39 is 46.8 Å². The van der Waals surface area contributed by atoms with E-state index in [0.29, 0.717) is 46.2 Å². The van der Waals surface area contributed by atoms with Crippen LogP contribution in [0.2, 0.25) is 0 Å². The number of rotatable bonds is 11. The average Bonchev–Trinajstić information content (AvgIpc) is 3.92. The van der Waals surface area contributed by atoms with Crippen LogP contribution in [0.1, 0.15) is 0 Å². The molecule has 278 valence electrons. The van der Waals surface area contributed by atoms with Crippen molar-refractivity contribution in [1.29, 1.82) is 0 Å². The summed E-state index contributed by atoms with van der Waals surface area (Å²) in [5.41, 5.74) is 0. The number of aliphatic hydroxyl groups is 2. The van der Waals surface area contributed by atoms with Gasteiger partial charge in [-0.15, -0.1) is 20.2 Å². The van der Waals surface area contributed by atoms with Crippen LogP contribution in [0.25, 0.3) is 0 Å². The third kappa shape index (κ3) is 8.19. The van der Waals surface area contributed by atoms with E-state index in [2.05, 4.69) is 22.2 Å². The van der Waals surface area contributed by atoms with Crippen LogP contribution in [0, 0.1) is 32.1 Å². The number of nitrogens with zero attached hydrogens (tertiary/aromatic N) is 2. The van der Waals surface area contributed by atoms with Crippen molar-refractivity contribution in [3.05, 3.63) is 20.2 Å². The second kappa shape index (κ2) is 16.8. The van der Waals surface area contributed by atoms with Gasteiger partial charge in [0.05, 0.1) is 83.5 Å². The minimum atomic E-state index is -0.827. The lowest BCUT2D eigenvalue weighted by Gasteiger charge is -2.21. The Hall–Kier alpha value is -1.71. The van der Waals surface area contributed by atoms with Gasteiger partial charge in [-0.2, -0.15) is 4.21 Å². The van der Waals surface area contributed by atoms with Gasteiger partial charge >= 0.3 is 0 Å². The molecule has 0 bridgehead atoms. The molecule has 0 radical (unpaired) electrons. The highest BCUT2D eigenvalue weighted by atomic mass is 32.2. The quantitative estimate of drug-likeness (QED) is 0.124. The predicted molar refractivity (Wildman–Crippen MR) is 156 cm³/mol. The molecule has 0 aromatic heterocycles. The number of fused-ring (bicyclic) bond motifs is 4. The molecule has 0 amide bonds. The first-order valence-corrected chi connectivity index (χ1v) is 16.9. The van der Waals surface area contributed by atoms with Crippen molar-refractivity contribution in [3.63, 3.8) is 0 Å². The third-order valence-electron chi connectivity index (χ3n) is 9.63. The molecule has 8 heterocycles. The Morgan fingerprint density at radius 2 is 1.00 bits per heavy atom. The number of ether oxygens (including phenoxy) is 9. The van der Waals surface area contributed by atoms with Crippen LogP contribution >= 0.6 is 12.0 Å². The van der Waals surface area contributed by atoms with Crippen LogP contribution in [0.4, 0.5) is 0 Å². The predicted octanol–water partition coefficient (Wildman–Crippen LogP) is -2.65. The Balaban J connectivity index is 0.000000162. The van der Waals surface area contributed by atoms with Gasteiger partial charge < -0.3 is 66.7 Å². The molecule has 0 saturated carbocycles. The Labute approximate surface area is 288 Å². The Kier molecular flexibility index (Phi) is 12.7. The molecule has 8 saturated heterocycles. The van der Waals surface area contributed by atoms with E-state index in [1.54, 1.807) is 0 Å². The van der Waals surface area contributed by atoms with E-state index >= 15 is 0 Å². The number of hydrogen-bond acceptors (Lipinski definition) is 21. The summed E-state index contributed by atoms with van der Waals surface area (Å²) in [6, 6.07) is 0. The van der Waals surface area contributed by atoms with Gasteiger partial charge in [-0.1, -0.05) is 0 Å². The van der Waals surface area contributed by atoms with Crippen LogP contribution in [0.5, 0.6) is 0 Å². The summed E-state index contributed by atoms with van der Waals surface area (Å²) in [6.45, 7) is 3.32. The Morgan fingerprint density at radius 1 is 0.571 bits per heavy atom. The standard InChI is InChI=1S/C13H19NO9S.C13H19NO9.OS/c15-7-3-19-10-6(1-18-11(7)10)2-22-24-9-5-21-12-8(23-14(16)17)4-20-13(9)12;15-7-3-20-10-6(2-19-11(7)10)1-18-8-4-21-13-9(23-14(16)17)5-22-12(8)13;1-2/h6-13,15H,1-5H2;6-13,15H,1-5H2;/t6?,7-,8-,9?,10?,11?,12?,13?;6?,7-,8?,9-,10?,11?,12?,13?;/m11./s1. The fourth-order valence-electron chi connectivity index (χ4n) is 7.35. The second-order valence-corrected chi connectivity index (χ2v) is 13.6. The van der Waals surface area contributed by atoms with Crippen molar-refractivity contribution >= 4 is 24.6 Å². The van der Waals surface area contributed by atoms with Gasteiger partial charge in [0, 0.05) is 11.8 Å². The van der Waals surface area contributed by atoms with Crippen molar-refractivity contribution in [3.8, 4) is 0 Å². The highest BCUT2D eigenvalue weighted by Gasteiger charge is 2.53. The SMILES string of the molecule is O=S.O=[N+]([O-])O[C@@H]1COC2C(OCC3COC4C3OC[C@H]4O)COC21.O=[N+]([O-])O[C@@H]1COC2C(SOCC3COC4C3OC[C@H]4O)COC21. The summed E-state index contributed by atoms with van der Waals surface area (Å²) >= 11 is 4.09. The average molecular weight is 747 g/mol. The molecule has 0 aromatic rings. The van der Waals surface area contributed by atoms with Crippen LogP contribution < -0.4 is 0 Å². The fraction of sp³-hybridized carbons (Fsp3) is 1.00. The van der Waals surface area contributed by atoms with E-state index in [1.165, 1.54) is 12.0 Å². The minimum Gasteiger partial charge on any atom is -0.388 e. The summed E-state index contributed by atoms with van der Waals surface area (Å²) in [7, 11) is 0. The summed E-state index contributed by atoms with van der Waals surface area (Å²) in [6.07, 6.45) is -5.25. The molecular formula is C26H38N2O19S2. The first kappa shape index (κ1) is 37.1. The van der Waals surface area contributed by atoms with Crippen LogP contribution in [0.15, 0.2) is 0 Å². The van der Waals surface area contributed by atoms with E-state index in [1.807, 2.05) is 0 Å². The zero-order valence-corrected chi connectivity index (χ0v) is 27.5. The zero-order valence-electron chi connectivity index (χ0n) is 25.9. The van der Waals surface area contributed by atoms with Crippen molar-refractivity contribution < 1.29 is 81.1 Å². The molecule has 0 spiro atoms. The molecule has 0 aromatic carbocycles. The van der Waals surface area contributed by atoms with Crippen molar-refractivity contribution in [1.82, 2.24) is 0 Å². The molecule has 23 heteroatoms. The van der Waals surface area contributed by atoms with Gasteiger partial charge in [-0.05, 0) is 12.0 Å². The van der Waals surface area contributed by atoms with E-state index in [4.69, 9.17) is 51.0 Å². The van der Waals surface area contributed by atoms with Gasteiger partial charge in [-0.3, -0.25) is 0 Å². The smallest absolute Gasteiger partial charge is 0.294 e. The van der Waals surface area contributed by atoms with E-state index in [0.717, 1.165) is 0 Å². The summed E-state index contributed by atoms with van der Waals surface area (Å²) in [5.74, 6) is 0.122. The van der Waals surface area contributed by atoms with Gasteiger partial charge in [0.1, 0.15) is 54.9 Å². The Bertz CT molecular complexity index is 1130. The molecule has 49 heavy (non-hydrogen) atoms. The molecule has 8 fully saturated rings. The van der Waals surface area contributed by atoms with Gasteiger partial charge in [0.15, 0.2) is 24.7 Å². The lowest BCUT2D eigenvalue weighted by molar-refractivity contribution is -0.769. The number of aliphatic hydroxyl groups excluding tert-OH is 2. The molecule has 8 rings (SSSR count). The summed E-state index contributed by atoms with van der Waals surface area (Å²) in [5, 5.41) is 38.6. The monoisotopic (exact) mass is 746 g/mol. The van der Waals surface area contributed by atoms with Crippen LogP contribution in [-0.2, 0) is 69.0 Å². The zero-order chi connectivity index (χ0) is 34.7. The van der Waals surface area contributed by atoms with Crippen LogP contribution in [-0.4, -0.2) is 175 Å². The maximum absolute atomic E-state index is 10.5. The molecule has 8 aliphatic heterocycles. The fourth-order valence-corrected chi connectivity index (χ4v) is 8.25. The first-order chi connectivity index (χ1) is 23.8. The molecule has 0 aliphatic carbocycles. The van der Waals surface area contributed by atoms with Gasteiger partial charge in [0.25, 0.3) is 10.2 Å². The highest BCUT2D eigenvalue weighted by molar-refractivity contribution is 7.95. The normalized spacial score (nSPS) is 45.8. The lowest BCUT2D eigenvalue weighted by atomic mass is 10.0. The number of hydrogen-bond donors (Lipinski definition) is 2. The summed E-state index contributed by atoms with van der Waals surface area (Å²) < 4.78 is 63.9. The maximum Gasteiger partial charge on any atom is 0.294 e. The molecule has 8 aliphatic rings. The Morgan fingerprint density at radius 3 is 1.57 bits per heavy atom. The maximum atomic E-state index is 10.5. The second-order valence-electron chi connectivity index (χ2n) is 12.6. The first-order valence-electron chi connectivity index (χ1n) is 15.7. The minimum absolute atomic E-state index is 0.0448. The van der Waals surface area contributed by atoms with E-state index in [9.17, 15) is 30.4 Å². The molecule has 21 nitrogen and oxygen atoms in total. The van der Waals surface area contributed by atoms with Crippen molar-refractivity contribution in [2.24, 2.45) is 11.8 Å². The largest absolute Gasteiger partial charge is 0.388 e. The molecule has 16 atom stereocenters. The van der Waals surface area contributed by atoms with Crippen LogP contribution in [0.3, 0.4) is 0 Å².